The molecule has 1 N–H and O–H groups in total. The third kappa shape index (κ3) is 5.22. The highest BCUT2D eigenvalue weighted by Gasteiger charge is 2.30. The molecule has 0 aromatic heterocycles. The molecule has 0 unspecified atom stereocenters. The molecule has 0 atom stereocenters. The molecule has 0 bridgehead atoms. The molecule has 140 valence electrons. The van der Waals surface area contributed by atoms with E-state index in [9.17, 15) is 26.4 Å². The van der Waals surface area contributed by atoms with Crippen LogP contribution in [0, 0.1) is 0 Å². The topological polar surface area (TPSA) is 72.5 Å². The molecule has 2 aromatic carbocycles. The Hall–Kier alpha value is -2.55. The van der Waals surface area contributed by atoms with Crippen molar-refractivity contribution < 1.29 is 31.1 Å². The Balaban J connectivity index is 2.05. The first kappa shape index (κ1) is 19.8. The maximum absolute atomic E-state index is 12.5. The molecule has 0 spiro atoms. The van der Waals surface area contributed by atoms with E-state index >= 15 is 0 Å². The van der Waals surface area contributed by atoms with Crippen LogP contribution in [-0.4, -0.2) is 20.9 Å². The van der Waals surface area contributed by atoms with Crippen LogP contribution in [0.2, 0.25) is 0 Å². The van der Waals surface area contributed by atoms with E-state index in [2.05, 4.69) is 0 Å². The Kier molecular flexibility index (Phi) is 5.91. The fourth-order valence-electron chi connectivity index (χ4n) is 2.12. The Morgan fingerprint density at radius 1 is 1.04 bits per heavy atom. The first-order chi connectivity index (χ1) is 12.1. The van der Waals surface area contributed by atoms with Crippen molar-refractivity contribution in [2.45, 2.75) is 24.4 Å². The molecule has 5 nitrogen and oxygen atoms in total. The molecule has 0 aliphatic carbocycles. The van der Waals surface area contributed by atoms with Gasteiger partial charge in [0.25, 0.3) is 10.0 Å². The number of carbonyl (C=O) groups is 1. The summed E-state index contributed by atoms with van der Waals surface area (Å²) in [6, 6.07) is 9.43. The second-order valence-electron chi connectivity index (χ2n) is 5.30. The third-order valence-corrected chi connectivity index (χ3v) is 4.73. The van der Waals surface area contributed by atoms with E-state index in [0.717, 1.165) is 12.1 Å². The lowest BCUT2D eigenvalue weighted by atomic mass is 10.1. The molecule has 0 saturated heterocycles. The van der Waals surface area contributed by atoms with Gasteiger partial charge in [-0.3, -0.25) is 4.79 Å². The molecule has 26 heavy (non-hydrogen) atoms. The number of hydrogen-bond acceptors (Lipinski definition) is 4. The van der Waals surface area contributed by atoms with Gasteiger partial charge in [-0.25, -0.2) is 13.1 Å². The standard InChI is InChI=1S/C17H16F3NO4S/c1-2-25-14-7-3-12(4-8-14)11-16(22)21-26(23,24)15-9-5-13(6-10-15)17(18,19)20/h3-10H,2,11H2,1H3,(H,21,22). The number of benzene rings is 2. The highest BCUT2D eigenvalue weighted by atomic mass is 32.2. The average molecular weight is 387 g/mol. The van der Waals surface area contributed by atoms with Crippen LogP contribution < -0.4 is 9.46 Å². The Labute approximate surface area is 148 Å². The molecule has 1 amide bonds. The van der Waals surface area contributed by atoms with E-state index in [0.29, 0.717) is 30.1 Å². The minimum absolute atomic E-state index is 0.202. The maximum Gasteiger partial charge on any atom is 0.416 e. The molecule has 0 aliphatic heterocycles. The van der Waals surface area contributed by atoms with Gasteiger partial charge >= 0.3 is 6.18 Å². The predicted octanol–water partition coefficient (Wildman–Crippen LogP) is 3.15. The normalized spacial score (nSPS) is 11.8. The fourth-order valence-corrected chi connectivity index (χ4v) is 3.11. The Morgan fingerprint density at radius 3 is 2.12 bits per heavy atom. The SMILES string of the molecule is CCOc1ccc(CC(=O)NS(=O)(=O)c2ccc(C(F)(F)F)cc2)cc1. The van der Waals surface area contributed by atoms with Crippen LogP contribution in [0.4, 0.5) is 13.2 Å². The molecule has 0 saturated carbocycles. The highest BCUT2D eigenvalue weighted by Crippen LogP contribution is 2.29. The van der Waals surface area contributed by atoms with Gasteiger partial charge in [-0.05, 0) is 48.9 Å². The second kappa shape index (κ2) is 7.77. The van der Waals surface area contributed by atoms with Gasteiger partial charge in [0, 0.05) is 0 Å². The summed E-state index contributed by atoms with van der Waals surface area (Å²) in [6.07, 6.45) is -4.77. The number of sulfonamides is 1. The van der Waals surface area contributed by atoms with Crippen LogP contribution in [-0.2, 0) is 27.4 Å². The van der Waals surface area contributed by atoms with Crippen molar-refractivity contribution in [3.05, 3.63) is 59.7 Å². The number of nitrogens with one attached hydrogen (secondary N) is 1. The smallest absolute Gasteiger partial charge is 0.416 e. The van der Waals surface area contributed by atoms with Crippen molar-refractivity contribution in [1.82, 2.24) is 4.72 Å². The Bertz CT molecular complexity index is 860. The zero-order valence-corrected chi connectivity index (χ0v) is 14.5. The lowest BCUT2D eigenvalue weighted by molar-refractivity contribution is -0.137. The number of rotatable bonds is 6. The second-order valence-corrected chi connectivity index (χ2v) is 6.99. The van der Waals surface area contributed by atoms with Gasteiger partial charge in [-0.1, -0.05) is 12.1 Å². The van der Waals surface area contributed by atoms with Gasteiger partial charge in [0.05, 0.1) is 23.5 Å². The number of carbonyl (C=O) groups excluding carboxylic acids is 1. The van der Waals surface area contributed by atoms with Crippen molar-refractivity contribution in [2.75, 3.05) is 6.61 Å². The van der Waals surface area contributed by atoms with Crippen LogP contribution in [0.1, 0.15) is 18.1 Å². The summed E-state index contributed by atoms with van der Waals surface area (Å²) in [7, 11) is -4.25. The third-order valence-electron chi connectivity index (χ3n) is 3.34. The monoisotopic (exact) mass is 387 g/mol. The summed E-state index contributed by atoms with van der Waals surface area (Å²) in [6.45, 7) is 2.32. The molecule has 0 radical (unpaired) electrons. The zero-order chi connectivity index (χ0) is 19.4. The quantitative estimate of drug-likeness (QED) is 0.827. The number of ether oxygens (including phenoxy) is 1. The highest BCUT2D eigenvalue weighted by molar-refractivity contribution is 7.90. The molecule has 2 rings (SSSR count). The summed E-state index contributed by atoms with van der Waals surface area (Å²) in [5.74, 6) is -0.178. The van der Waals surface area contributed by atoms with Crippen LogP contribution in [0.3, 0.4) is 0 Å². The van der Waals surface area contributed by atoms with E-state index in [-0.39, 0.29) is 6.42 Å². The van der Waals surface area contributed by atoms with Crippen LogP contribution >= 0.6 is 0 Å². The lowest BCUT2D eigenvalue weighted by Crippen LogP contribution is -2.31. The van der Waals surface area contributed by atoms with E-state index in [1.807, 2.05) is 11.6 Å². The van der Waals surface area contributed by atoms with Gasteiger partial charge in [0.15, 0.2) is 0 Å². The van der Waals surface area contributed by atoms with Gasteiger partial charge in [0.2, 0.25) is 5.91 Å². The van der Waals surface area contributed by atoms with Crippen molar-refractivity contribution in [3.8, 4) is 5.75 Å². The van der Waals surface area contributed by atoms with Crippen LogP contribution in [0.15, 0.2) is 53.4 Å². The molecule has 9 heteroatoms. The number of halogens is 3. The number of alkyl halides is 3. The number of amides is 1. The largest absolute Gasteiger partial charge is 0.494 e. The van der Waals surface area contributed by atoms with Gasteiger partial charge in [-0.2, -0.15) is 13.2 Å². The Morgan fingerprint density at radius 2 is 1.62 bits per heavy atom. The van der Waals surface area contributed by atoms with Gasteiger partial charge in [-0.15, -0.1) is 0 Å². The minimum Gasteiger partial charge on any atom is -0.494 e. The maximum atomic E-state index is 12.5. The van der Waals surface area contributed by atoms with E-state index in [4.69, 9.17) is 4.74 Å². The van der Waals surface area contributed by atoms with Crippen molar-refractivity contribution in [2.24, 2.45) is 0 Å². The fraction of sp³-hybridized carbons (Fsp3) is 0.235. The molecule has 0 heterocycles. The van der Waals surface area contributed by atoms with Crippen LogP contribution in [0.5, 0.6) is 5.75 Å². The molecule has 0 aliphatic rings. The van der Waals surface area contributed by atoms with E-state index in [1.54, 1.807) is 24.3 Å². The number of hydrogen-bond donors (Lipinski definition) is 1. The van der Waals surface area contributed by atoms with Crippen molar-refractivity contribution >= 4 is 15.9 Å². The summed E-state index contributed by atoms with van der Waals surface area (Å²) >= 11 is 0. The lowest BCUT2D eigenvalue weighted by Gasteiger charge is -2.10. The molecule has 2 aromatic rings. The summed E-state index contributed by atoms with van der Waals surface area (Å²) < 4.78 is 68.9. The predicted molar refractivity (Wildman–Crippen MR) is 88.1 cm³/mol. The first-order valence-electron chi connectivity index (χ1n) is 7.56. The van der Waals surface area contributed by atoms with Crippen LogP contribution in [0.25, 0.3) is 0 Å². The molecular weight excluding hydrogens is 371 g/mol. The van der Waals surface area contributed by atoms with E-state index in [1.165, 1.54) is 0 Å². The molecule has 0 fully saturated rings. The first-order valence-corrected chi connectivity index (χ1v) is 9.05. The minimum atomic E-state index is -4.57. The van der Waals surface area contributed by atoms with Gasteiger partial charge < -0.3 is 4.74 Å². The average Bonchev–Trinajstić information content (AvgIpc) is 2.56. The van der Waals surface area contributed by atoms with Crippen molar-refractivity contribution in [3.63, 3.8) is 0 Å². The summed E-state index contributed by atoms with van der Waals surface area (Å²) in [4.78, 5) is 11.5. The summed E-state index contributed by atoms with van der Waals surface area (Å²) in [5, 5.41) is 0. The molecular formula is C17H16F3NO4S. The van der Waals surface area contributed by atoms with E-state index < -0.39 is 32.6 Å². The zero-order valence-electron chi connectivity index (χ0n) is 13.7. The van der Waals surface area contributed by atoms with Gasteiger partial charge in [0.1, 0.15) is 5.75 Å². The van der Waals surface area contributed by atoms with Crippen molar-refractivity contribution in [1.29, 1.82) is 0 Å². The summed E-state index contributed by atoms with van der Waals surface area (Å²) in [5.41, 5.74) is -0.411.